The molecule has 0 saturated carbocycles. The summed E-state index contributed by atoms with van der Waals surface area (Å²) in [6.07, 6.45) is 1.93. The fourth-order valence-electron chi connectivity index (χ4n) is 3.33. The third kappa shape index (κ3) is 5.82. The predicted octanol–water partition coefficient (Wildman–Crippen LogP) is 2.85. The van der Waals surface area contributed by atoms with Crippen molar-refractivity contribution in [1.82, 2.24) is 10.2 Å². The Kier molecular flexibility index (Phi) is 7.69. The SMILES string of the molecule is CSc1ccccc1NC(=O)C(=O)NCC(c1ccc(C)cc1)N1CCOCC1. The highest BCUT2D eigenvalue weighted by Gasteiger charge is 2.24. The van der Waals surface area contributed by atoms with Gasteiger partial charge in [0.25, 0.3) is 0 Å². The van der Waals surface area contributed by atoms with Crippen LogP contribution in [0.4, 0.5) is 5.69 Å². The van der Waals surface area contributed by atoms with Gasteiger partial charge in [-0.05, 0) is 30.9 Å². The highest BCUT2D eigenvalue weighted by molar-refractivity contribution is 7.98. The summed E-state index contributed by atoms with van der Waals surface area (Å²) in [5.74, 6) is -1.29. The molecule has 154 valence electrons. The van der Waals surface area contributed by atoms with Gasteiger partial charge in [-0.15, -0.1) is 11.8 Å². The van der Waals surface area contributed by atoms with Crippen molar-refractivity contribution in [2.45, 2.75) is 17.9 Å². The second-order valence-corrected chi connectivity index (χ2v) is 7.79. The number of ether oxygens (including phenoxy) is 1. The minimum absolute atomic E-state index is 0.00488. The number of anilines is 1. The number of rotatable bonds is 6. The maximum absolute atomic E-state index is 12.4. The maximum Gasteiger partial charge on any atom is 0.313 e. The average molecular weight is 414 g/mol. The zero-order valence-corrected chi connectivity index (χ0v) is 17.6. The van der Waals surface area contributed by atoms with E-state index in [4.69, 9.17) is 4.74 Å². The van der Waals surface area contributed by atoms with Crippen molar-refractivity contribution in [3.8, 4) is 0 Å². The first kappa shape index (κ1) is 21.4. The third-order valence-corrected chi connectivity index (χ3v) is 5.76. The van der Waals surface area contributed by atoms with Gasteiger partial charge in [0.2, 0.25) is 0 Å². The van der Waals surface area contributed by atoms with Crippen molar-refractivity contribution in [2.24, 2.45) is 0 Å². The van der Waals surface area contributed by atoms with Crippen LogP contribution in [0, 0.1) is 6.92 Å². The number of nitrogens with zero attached hydrogens (tertiary/aromatic N) is 1. The Morgan fingerprint density at radius 1 is 1.07 bits per heavy atom. The summed E-state index contributed by atoms with van der Waals surface area (Å²) < 4.78 is 5.46. The van der Waals surface area contributed by atoms with E-state index in [1.54, 1.807) is 6.07 Å². The molecule has 1 unspecified atom stereocenters. The minimum Gasteiger partial charge on any atom is -0.379 e. The van der Waals surface area contributed by atoms with Crippen LogP contribution in [-0.2, 0) is 14.3 Å². The number of aryl methyl sites for hydroxylation is 1. The fourth-order valence-corrected chi connectivity index (χ4v) is 3.89. The number of hydrogen-bond donors (Lipinski definition) is 2. The number of benzene rings is 2. The van der Waals surface area contributed by atoms with Crippen molar-refractivity contribution >= 4 is 29.3 Å². The van der Waals surface area contributed by atoms with Crippen molar-refractivity contribution in [3.63, 3.8) is 0 Å². The predicted molar refractivity (Wildman–Crippen MR) is 116 cm³/mol. The number of morpholine rings is 1. The van der Waals surface area contributed by atoms with E-state index >= 15 is 0 Å². The number of para-hydroxylation sites is 1. The summed E-state index contributed by atoms with van der Waals surface area (Å²) in [4.78, 5) is 28.0. The van der Waals surface area contributed by atoms with E-state index in [1.165, 1.54) is 17.3 Å². The zero-order chi connectivity index (χ0) is 20.6. The Labute approximate surface area is 176 Å². The van der Waals surface area contributed by atoms with Gasteiger partial charge in [-0.3, -0.25) is 14.5 Å². The highest BCUT2D eigenvalue weighted by Crippen LogP contribution is 2.25. The number of carbonyl (C=O) groups is 2. The van der Waals surface area contributed by atoms with Crippen molar-refractivity contribution < 1.29 is 14.3 Å². The first-order valence-corrected chi connectivity index (χ1v) is 10.9. The van der Waals surface area contributed by atoms with Crippen LogP contribution in [0.3, 0.4) is 0 Å². The Morgan fingerprint density at radius 3 is 2.45 bits per heavy atom. The molecule has 2 amide bonds. The fraction of sp³-hybridized carbons (Fsp3) is 0.364. The smallest absolute Gasteiger partial charge is 0.313 e. The quantitative estimate of drug-likeness (QED) is 0.563. The lowest BCUT2D eigenvalue weighted by Crippen LogP contribution is -2.45. The summed E-state index contributed by atoms with van der Waals surface area (Å²) in [6, 6.07) is 15.7. The summed E-state index contributed by atoms with van der Waals surface area (Å²) >= 11 is 1.52. The molecule has 0 bridgehead atoms. The van der Waals surface area contributed by atoms with Crippen LogP contribution in [0.25, 0.3) is 0 Å². The van der Waals surface area contributed by atoms with Crippen molar-refractivity contribution in [2.75, 3.05) is 44.4 Å². The minimum atomic E-state index is -0.656. The molecule has 7 heteroatoms. The van der Waals surface area contributed by atoms with Crippen LogP contribution < -0.4 is 10.6 Å². The van der Waals surface area contributed by atoms with Gasteiger partial charge < -0.3 is 15.4 Å². The molecule has 6 nitrogen and oxygen atoms in total. The Bertz CT molecular complexity index is 835. The Hall–Kier alpha value is -2.35. The molecule has 1 saturated heterocycles. The number of carbonyl (C=O) groups excluding carboxylic acids is 2. The van der Waals surface area contributed by atoms with E-state index in [9.17, 15) is 9.59 Å². The lowest BCUT2D eigenvalue weighted by atomic mass is 10.0. The highest BCUT2D eigenvalue weighted by atomic mass is 32.2. The second kappa shape index (κ2) is 10.4. The maximum atomic E-state index is 12.4. The van der Waals surface area contributed by atoms with Crippen LogP contribution in [0.15, 0.2) is 53.4 Å². The van der Waals surface area contributed by atoms with Gasteiger partial charge >= 0.3 is 11.8 Å². The molecule has 29 heavy (non-hydrogen) atoms. The summed E-state index contributed by atoms with van der Waals surface area (Å²) in [5.41, 5.74) is 2.94. The first-order valence-electron chi connectivity index (χ1n) is 9.69. The average Bonchev–Trinajstić information content (AvgIpc) is 2.76. The summed E-state index contributed by atoms with van der Waals surface area (Å²) in [6.45, 7) is 5.33. The van der Waals surface area contributed by atoms with Crippen LogP contribution in [0.5, 0.6) is 0 Å². The molecule has 1 fully saturated rings. The van der Waals surface area contributed by atoms with E-state index in [-0.39, 0.29) is 6.04 Å². The monoisotopic (exact) mass is 413 g/mol. The van der Waals surface area contributed by atoms with E-state index < -0.39 is 11.8 Å². The summed E-state index contributed by atoms with van der Waals surface area (Å²) in [5, 5.41) is 5.52. The molecule has 1 heterocycles. The first-order chi connectivity index (χ1) is 14.1. The van der Waals surface area contributed by atoms with Crippen molar-refractivity contribution in [1.29, 1.82) is 0 Å². The molecule has 0 radical (unpaired) electrons. The van der Waals surface area contributed by atoms with Gasteiger partial charge in [0, 0.05) is 24.5 Å². The van der Waals surface area contributed by atoms with E-state index in [0.717, 1.165) is 23.5 Å². The third-order valence-electron chi connectivity index (χ3n) is 4.97. The van der Waals surface area contributed by atoms with Crippen LogP contribution in [-0.4, -0.2) is 55.8 Å². The van der Waals surface area contributed by atoms with Gasteiger partial charge in [-0.25, -0.2) is 0 Å². The number of hydrogen-bond acceptors (Lipinski definition) is 5. The number of nitrogens with one attached hydrogen (secondary N) is 2. The van der Waals surface area contributed by atoms with Gasteiger partial charge in [0.05, 0.1) is 24.9 Å². The zero-order valence-electron chi connectivity index (χ0n) is 16.8. The molecule has 0 aromatic heterocycles. The lowest BCUT2D eigenvalue weighted by Gasteiger charge is -2.35. The standard InChI is InChI=1S/C22H27N3O3S/c1-16-7-9-17(10-8-16)19(25-11-13-28-14-12-25)15-23-21(26)22(27)24-18-5-3-4-6-20(18)29-2/h3-10,19H,11-15H2,1-2H3,(H,23,26)(H,24,27). The van der Waals surface area contributed by atoms with Gasteiger partial charge in [0.1, 0.15) is 0 Å². The molecular weight excluding hydrogens is 386 g/mol. The molecule has 2 aromatic carbocycles. The molecule has 0 spiro atoms. The summed E-state index contributed by atoms with van der Waals surface area (Å²) in [7, 11) is 0. The largest absolute Gasteiger partial charge is 0.379 e. The van der Waals surface area contributed by atoms with Gasteiger partial charge in [0.15, 0.2) is 0 Å². The lowest BCUT2D eigenvalue weighted by molar-refractivity contribution is -0.136. The van der Waals surface area contributed by atoms with Crippen LogP contribution in [0.1, 0.15) is 17.2 Å². The molecular formula is C22H27N3O3S. The van der Waals surface area contributed by atoms with Gasteiger partial charge in [-0.2, -0.15) is 0 Å². The molecule has 1 aliphatic heterocycles. The molecule has 2 N–H and O–H groups in total. The van der Waals surface area contributed by atoms with E-state index in [2.05, 4.69) is 39.8 Å². The van der Waals surface area contributed by atoms with Gasteiger partial charge in [-0.1, -0.05) is 42.0 Å². The van der Waals surface area contributed by atoms with Crippen LogP contribution >= 0.6 is 11.8 Å². The normalized spacial score (nSPS) is 15.5. The topological polar surface area (TPSA) is 70.7 Å². The van der Waals surface area contributed by atoms with Crippen LogP contribution in [0.2, 0.25) is 0 Å². The Morgan fingerprint density at radius 2 is 1.76 bits per heavy atom. The molecule has 1 aliphatic rings. The number of amides is 2. The Balaban J connectivity index is 1.65. The molecule has 0 aliphatic carbocycles. The molecule has 3 rings (SSSR count). The van der Waals surface area contributed by atoms with Crippen molar-refractivity contribution in [3.05, 3.63) is 59.7 Å². The van der Waals surface area contributed by atoms with E-state index in [0.29, 0.717) is 25.4 Å². The second-order valence-electron chi connectivity index (χ2n) is 6.94. The number of thioether (sulfide) groups is 1. The molecule has 1 atom stereocenters. The molecule has 2 aromatic rings. The van der Waals surface area contributed by atoms with E-state index in [1.807, 2.05) is 31.4 Å².